The standard InChI is InChI=1S/C17H20ClN3O2/c1-10-14(11(2)23-20-10)9-21(3)17(22)19-16-8-13(16)12-6-4-5-7-15(12)18/h4-7,13,16H,8-9H2,1-3H3,(H,19,22)/t13-,16+/m0/s1. The quantitative estimate of drug-likeness (QED) is 0.929. The number of aromatic nitrogens is 1. The van der Waals surface area contributed by atoms with Gasteiger partial charge in [0, 0.05) is 29.6 Å². The van der Waals surface area contributed by atoms with Crippen LogP contribution in [0.2, 0.25) is 5.02 Å². The van der Waals surface area contributed by atoms with Gasteiger partial charge >= 0.3 is 6.03 Å². The second kappa shape index (κ2) is 6.24. The predicted molar refractivity (Wildman–Crippen MR) is 88.6 cm³/mol. The zero-order valence-corrected chi connectivity index (χ0v) is 14.2. The molecular formula is C17H20ClN3O2. The maximum Gasteiger partial charge on any atom is 0.317 e. The molecule has 1 aromatic heterocycles. The average Bonchev–Trinajstić information content (AvgIpc) is 3.21. The second-order valence-corrected chi connectivity index (χ2v) is 6.49. The van der Waals surface area contributed by atoms with Crippen molar-refractivity contribution in [2.24, 2.45) is 0 Å². The van der Waals surface area contributed by atoms with Crippen molar-refractivity contribution in [3.05, 3.63) is 51.9 Å². The summed E-state index contributed by atoms with van der Waals surface area (Å²) in [6.07, 6.45) is 0.925. The molecular weight excluding hydrogens is 314 g/mol. The van der Waals surface area contributed by atoms with Crippen LogP contribution in [0.4, 0.5) is 4.79 Å². The highest BCUT2D eigenvalue weighted by Crippen LogP contribution is 2.43. The number of halogens is 1. The Hall–Kier alpha value is -2.01. The van der Waals surface area contributed by atoms with Crippen LogP contribution in [0.5, 0.6) is 0 Å². The van der Waals surface area contributed by atoms with Gasteiger partial charge in [0.1, 0.15) is 5.76 Å². The van der Waals surface area contributed by atoms with Gasteiger partial charge in [-0.25, -0.2) is 4.79 Å². The molecule has 0 bridgehead atoms. The summed E-state index contributed by atoms with van der Waals surface area (Å²) >= 11 is 6.21. The fraction of sp³-hybridized carbons (Fsp3) is 0.412. The Labute approximate surface area is 140 Å². The molecule has 3 rings (SSSR count). The molecule has 122 valence electrons. The lowest BCUT2D eigenvalue weighted by Gasteiger charge is -2.18. The Kier molecular flexibility index (Phi) is 4.31. The minimum atomic E-state index is -0.0930. The van der Waals surface area contributed by atoms with Gasteiger partial charge in [0.25, 0.3) is 0 Å². The molecule has 0 unspecified atom stereocenters. The number of hydrogen-bond acceptors (Lipinski definition) is 3. The molecule has 1 saturated carbocycles. The molecule has 1 aliphatic rings. The summed E-state index contributed by atoms with van der Waals surface area (Å²) in [7, 11) is 1.77. The molecule has 1 N–H and O–H groups in total. The Morgan fingerprint density at radius 2 is 2.17 bits per heavy atom. The number of urea groups is 1. The molecule has 6 heteroatoms. The van der Waals surface area contributed by atoms with Crippen molar-refractivity contribution >= 4 is 17.6 Å². The summed E-state index contributed by atoms with van der Waals surface area (Å²) < 4.78 is 5.13. The van der Waals surface area contributed by atoms with E-state index in [1.165, 1.54) is 0 Å². The number of carbonyl (C=O) groups is 1. The highest BCUT2D eigenvalue weighted by molar-refractivity contribution is 6.31. The third kappa shape index (κ3) is 3.34. The van der Waals surface area contributed by atoms with Crippen LogP contribution in [-0.4, -0.2) is 29.2 Å². The van der Waals surface area contributed by atoms with Crippen molar-refractivity contribution in [1.82, 2.24) is 15.4 Å². The second-order valence-electron chi connectivity index (χ2n) is 6.08. The number of hydrogen-bond donors (Lipinski definition) is 1. The lowest BCUT2D eigenvalue weighted by molar-refractivity contribution is 0.206. The molecule has 2 atom stereocenters. The molecule has 1 aliphatic carbocycles. The molecule has 0 spiro atoms. The van der Waals surface area contributed by atoms with Crippen LogP contribution < -0.4 is 5.32 Å². The normalized spacial score (nSPS) is 19.5. The van der Waals surface area contributed by atoms with Crippen molar-refractivity contribution in [3.63, 3.8) is 0 Å². The number of nitrogens with zero attached hydrogens (tertiary/aromatic N) is 2. The summed E-state index contributed by atoms with van der Waals surface area (Å²) in [5, 5.41) is 7.74. The number of nitrogens with one attached hydrogen (secondary N) is 1. The number of rotatable bonds is 4. The Bertz CT molecular complexity index is 709. The summed E-state index contributed by atoms with van der Waals surface area (Å²) in [6.45, 7) is 4.22. The zero-order chi connectivity index (χ0) is 16.6. The van der Waals surface area contributed by atoms with Crippen molar-refractivity contribution in [2.45, 2.75) is 38.8 Å². The minimum absolute atomic E-state index is 0.0930. The van der Waals surface area contributed by atoms with E-state index in [1.54, 1.807) is 11.9 Å². The van der Waals surface area contributed by atoms with E-state index >= 15 is 0 Å². The van der Waals surface area contributed by atoms with Gasteiger partial charge in [-0.2, -0.15) is 0 Å². The van der Waals surface area contributed by atoms with Gasteiger partial charge in [-0.3, -0.25) is 0 Å². The maximum atomic E-state index is 12.3. The van der Waals surface area contributed by atoms with E-state index in [2.05, 4.69) is 10.5 Å². The fourth-order valence-electron chi connectivity index (χ4n) is 2.78. The summed E-state index contributed by atoms with van der Waals surface area (Å²) in [5.74, 6) is 1.06. The first kappa shape index (κ1) is 15.9. The van der Waals surface area contributed by atoms with E-state index in [1.807, 2.05) is 38.1 Å². The third-order valence-electron chi connectivity index (χ3n) is 4.33. The van der Waals surface area contributed by atoms with Gasteiger partial charge in [0.05, 0.1) is 12.2 Å². The zero-order valence-electron chi connectivity index (χ0n) is 13.5. The number of amides is 2. The highest BCUT2D eigenvalue weighted by atomic mass is 35.5. The van der Waals surface area contributed by atoms with Crippen molar-refractivity contribution in [2.75, 3.05) is 7.05 Å². The number of benzene rings is 1. The topological polar surface area (TPSA) is 58.4 Å². The first-order valence-corrected chi connectivity index (χ1v) is 8.03. The largest absolute Gasteiger partial charge is 0.361 e. The van der Waals surface area contributed by atoms with E-state index in [9.17, 15) is 4.79 Å². The molecule has 2 aromatic rings. The molecule has 1 aromatic carbocycles. The van der Waals surface area contributed by atoms with Crippen molar-refractivity contribution in [1.29, 1.82) is 0 Å². The van der Waals surface area contributed by atoms with Gasteiger partial charge in [0.15, 0.2) is 0 Å². The van der Waals surface area contributed by atoms with Crippen LogP contribution >= 0.6 is 11.6 Å². The van der Waals surface area contributed by atoms with Crippen LogP contribution in [-0.2, 0) is 6.54 Å². The number of carbonyl (C=O) groups excluding carboxylic acids is 1. The van der Waals surface area contributed by atoms with E-state index in [0.29, 0.717) is 12.5 Å². The lowest BCUT2D eigenvalue weighted by Crippen LogP contribution is -2.38. The van der Waals surface area contributed by atoms with Crippen LogP contribution in [0, 0.1) is 13.8 Å². The van der Waals surface area contributed by atoms with E-state index < -0.39 is 0 Å². The Balaban J connectivity index is 1.57. The summed E-state index contributed by atoms with van der Waals surface area (Å²) in [6, 6.07) is 7.85. The monoisotopic (exact) mass is 333 g/mol. The molecule has 2 amide bonds. The maximum absolute atomic E-state index is 12.3. The van der Waals surface area contributed by atoms with Crippen molar-refractivity contribution < 1.29 is 9.32 Å². The van der Waals surface area contributed by atoms with E-state index in [4.69, 9.17) is 16.1 Å². The molecule has 5 nitrogen and oxygen atoms in total. The fourth-order valence-corrected chi connectivity index (χ4v) is 3.06. The highest BCUT2D eigenvalue weighted by Gasteiger charge is 2.41. The first-order chi connectivity index (χ1) is 11.0. The molecule has 0 radical (unpaired) electrons. The Morgan fingerprint density at radius 1 is 1.43 bits per heavy atom. The molecule has 1 fully saturated rings. The van der Waals surface area contributed by atoms with Crippen LogP contribution in [0.25, 0.3) is 0 Å². The molecule has 23 heavy (non-hydrogen) atoms. The SMILES string of the molecule is Cc1noc(C)c1CN(C)C(=O)N[C@@H]1C[C@H]1c1ccccc1Cl. The van der Waals surface area contributed by atoms with E-state index in [0.717, 1.165) is 34.0 Å². The van der Waals surface area contributed by atoms with Crippen LogP contribution in [0.15, 0.2) is 28.8 Å². The Morgan fingerprint density at radius 3 is 2.83 bits per heavy atom. The van der Waals surface area contributed by atoms with Gasteiger partial charge in [-0.1, -0.05) is 35.0 Å². The minimum Gasteiger partial charge on any atom is -0.361 e. The first-order valence-electron chi connectivity index (χ1n) is 7.65. The van der Waals surface area contributed by atoms with Gasteiger partial charge in [-0.15, -0.1) is 0 Å². The van der Waals surface area contributed by atoms with Crippen LogP contribution in [0.1, 0.15) is 34.9 Å². The molecule has 0 saturated heterocycles. The smallest absolute Gasteiger partial charge is 0.317 e. The predicted octanol–water partition coefficient (Wildman–Crippen LogP) is 3.64. The summed E-state index contributed by atoms with van der Waals surface area (Å²) in [4.78, 5) is 14.0. The van der Waals surface area contributed by atoms with E-state index in [-0.39, 0.29) is 12.1 Å². The van der Waals surface area contributed by atoms with Crippen LogP contribution in [0.3, 0.4) is 0 Å². The third-order valence-corrected chi connectivity index (χ3v) is 4.67. The van der Waals surface area contributed by atoms with Crippen molar-refractivity contribution in [3.8, 4) is 0 Å². The van der Waals surface area contributed by atoms with Gasteiger partial charge in [-0.05, 0) is 31.9 Å². The van der Waals surface area contributed by atoms with Gasteiger partial charge < -0.3 is 14.7 Å². The summed E-state index contributed by atoms with van der Waals surface area (Å²) in [5.41, 5.74) is 2.89. The lowest BCUT2D eigenvalue weighted by atomic mass is 10.1. The number of aryl methyl sites for hydroxylation is 2. The van der Waals surface area contributed by atoms with Gasteiger partial charge in [0.2, 0.25) is 0 Å². The molecule has 1 heterocycles. The molecule has 0 aliphatic heterocycles. The average molecular weight is 334 g/mol.